The number of amides is 2. The van der Waals surface area contributed by atoms with Gasteiger partial charge >= 0.3 is 6.18 Å². The van der Waals surface area contributed by atoms with E-state index in [1.807, 2.05) is 0 Å². The third-order valence-electron chi connectivity index (χ3n) is 5.10. The molecule has 0 aliphatic carbocycles. The predicted octanol–water partition coefficient (Wildman–Crippen LogP) is 0.552. The van der Waals surface area contributed by atoms with Crippen LogP contribution in [0.5, 0.6) is 0 Å². The SMILES string of the molecule is Cc1cc(C(F)(F)F)cc(N2C(=O)C(O)C(O)C2C(=O)N(C)c2ccn3ccnc3n2)n1. The van der Waals surface area contributed by atoms with Crippen molar-refractivity contribution < 1.29 is 33.0 Å². The van der Waals surface area contributed by atoms with E-state index in [0.717, 1.165) is 11.0 Å². The van der Waals surface area contributed by atoms with Gasteiger partial charge in [0.25, 0.3) is 11.8 Å². The van der Waals surface area contributed by atoms with Crippen molar-refractivity contribution in [1.29, 1.82) is 0 Å². The summed E-state index contributed by atoms with van der Waals surface area (Å²) in [6.07, 6.45) is -3.95. The number of carbonyl (C=O) groups is 2. The summed E-state index contributed by atoms with van der Waals surface area (Å²) in [5.74, 6) is -2.16. The molecule has 3 unspecified atom stereocenters. The lowest BCUT2D eigenvalue weighted by Gasteiger charge is -2.28. The first-order valence-electron chi connectivity index (χ1n) is 9.31. The van der Waals surface area contributed by atoms with Crippen molar-refractivity contribution in [2.45, 2.75) is 31.3 Å². The van der Waals surface area contributed by atoms with Gasteiger partial charge in [0.05, 0.1) is 5.56 Å². The summed E-state index contributed by atoms with van der Waals surface area (Å²) >= 11 is 0. The minimum atomic E-state index is -4.73. The molecule has 4 heterocycles. The first kappa shape index (κ1) is 21.6. The Morgan fingerprint density at radius 3 is 2.59 bits per heavy atom. The van der Waals surface area contributed by atoms with E-state index >= 15 is 0 Å². The average Bonchev–Trinajstić information content (AvgIpc) is 3.29. The Hall–Kier alpha value is -3.58. The number of nitrogens with zero attached hydrogens (tertiary/aromatic N) is 6. The zero-order valence-corrected chi connectivity index (χ0v) is 16.7. The van der Waals surface area contributed by atoms with Crippen LogP contribution in [0.25, 0.3) is 5.78 Å². The molecule has 168 valence electrons. The molecule has 32 heavy (non-hydrogen) atoms. The standard InChI is InChI=1S/C19H17F3N6O4/c1-9-7-10(19(20,21)22)8-12(24-9)28-13(14(29)15(30)17(28)32)16(31)26(2)11-3-5-27-6-4-23-18(27)25-11/h3-8,13-15,29-30H,1-2H3. The van der Waals surface area contributed by atoms with E-state index < -0.39 is 47.6 Å². The number of anilines is 2. The fourth-order valence-electron chi connectivity index (χ4n) is 3.49. The second-order valence-electron chi connectivity index (χ2n) is 7.26. The van der Waals surface area contributed by atoms with Gasteiger partial charge in [-0.15, -0.1) is 0 Å². The lowest BCUT2D eigenvalue weighted by molar-refractivity contribution is -0.137. The molecule has 10 nitrogen and oxygen atoms in total. The highest BCUT2D eigenvalue weighted by molar-refractivity contribution is 6.10. The van der Waals surface area contributed by atoms with Crippen LogP contribution in [0.15, 0.2) is 36.8 Å². The Labute approximate surface area is 178 Å². The highest BCUT2D eigenvalue weighted by Gasteiger charge is 2.52. The maximum atomic E-state index is 13.3. The number of likely N-dealkylation sites (N-methyl/N-ethyl adjacent to an activating group) is 1. The van der Waals surface area contributed by atoms with Crippen LogP contribution in [0.3, 0.4) is 0 Å². The highest BCUT2D eigenvalue weighted by atomic mass is 19.4. The molecule has 1 aliphatic heterocycles. The van der Waals surface area contributed by atoms with E-state index in [0.29, 0.717) is 11.0 Å². The normalized spacial score (nSPS) is 21.4. The van der Waals surface area contributed by atoms with Crippen LogP contribution in [-0.4, -0.2) is 66.7 Å². The molecule has 0 aromatic carbocycles. The van der Waals surface area contributed by atoms with Gasteiger partial charge in [0.1, 0.15) is 23.8 Å². The average molecular weight is 450 g/mol. The van der Waals surface area contributed by atoms with Gasteiger partial charge in [-0.2, -0.15) is 18.2 Å². The predicted molar refractivity (Wildman–Crippen MR) is 104 cm³/mol. The van der Waals surface area contributed by atoms with Gasteiger partial charge in [-0.3, -0.25) is 23.8 Å². The number of aliphatic hydroxyl groups is 2. The van der Waals surface area contributed by atoms with Crippen molar-refractivity contribution in [1.82, 2.24) is 19.4 Å². The Kier molecular flexibility index (Phi) is 5.09. The highest BCUT2D eigenvalue weighted by Crippen LogP contribution is 2.34. The van der Waals surface area contributed by atoms with Gasteiger partial charge in [-0.1, -0.05) is 0 Å². The number of carbonyl (C=O) groups excluding carboxylic acids is 2. The maximum Gasteiger partial charge on any atom is 0.416 e. The molecule has 0 bridgehead atoms. The van der Waals surface area contributed by atoms with E-state index in [-0.39, 0.29) is 17.3 Å². The van der Waals surface area contributed by atoms with Crippen LogP contribution in [0.1, 0.15) is 11.3 Å². The summed E-state index contributed by atoms with van der Waals surface area (Å²) in [5.41, 5.74) is -1.15. The zero-order valence-electron chi connectivity index (χ0n) is 16.7. The van der Waals surface area contributed by atoms with Gasteiger partial charge < -0.3 is 10.2 Å². The quantitative estimate of drug-likeness (QED) is 0.597. The molecule has 0 spiro atoms. The molecular weight excluding hydrogens is 433 g/mol. The van der Waals surface area contributed by atoms with E-state index in [9.17, 15) is 33.0 Å². The molecule has 1 saturated heterocycles. The number of alkyl halides is 3. The zero-order chi connectivity index (χ0) is 23.4. The maximum absolute atomic E-state index is 13.3. The van der Waals surface area contributed by atoms with Crippen LogP contribution < -0.4 is 9.80 Å². The van der Waals surface area contributed by atoms with Crippen LogP contribution in [0, 0.1) is 6.92 Å². The lowest BCUT2D eigenvalue weighted by atomic mass is 10.1. The van der Waals surface area contributed by atoms with Crippen molar-refractivity contribution in [3.63, 3.8) is 0 Å². The van der Waals surface area contributed by atoms with E-state index in [1.165, 1.54) is 26.2 Å². The second-order valence-corrected chi connectivity index (χ2v) is 7.26. The minimum Gasteiger partial charge on any atom is -0.387 e. The van der Waals surface area contributed by atoms with Gasteiger partial charge in [0, 0.05) is 31.3 Å². The summed E-state index contributed by atoms with van der Waals surface area (Å²) in [4.78, 5) is 39.5. The van der Waals surface area contributed by atoms with Crippen molar-refractivity contribution in [3.05, 3.63) is 48.0 Å². The summed E-state index contributed by atoms with van der Waals surface area (Å²) in [7, 11) is 1.31. The number of fused-ring (bicyclic) bond motifs is 1. The monoisotopic (exact) mass is 450 g/mol. The van der Waals surface area contributed by atoms with Crippen molar-refractivity contribution in [3.8, 4) is 0 Å². The van der Waals surface area contributed by atoms with E-state index in [2.05, 4.69) is 15.0 Å². The number of halogens is 3. The molecule has 0 saturated carbocycles. The molecule has 13 heteroatoms. The number of aromatic nitrogens is 4. The molecule has 3 aromatic heterocycles. The van der Waals surface area contributed by atoms with Gasteiger partial charge in [-0.05, 0) is 25.1 Å². The van der Waals surface area contributed by atoms with Gasteiger partial charge in [-0.25, -0.2) is 9.97 Å². The lowest BCUT2D eigenvalue weighted by Crippen LogP contribution is -2.50. The summed E-state index contributed by atoms with van der Waals surface area (Å²) in [6.45, 7) is 1.29. The Morgan fingerprint density at radius 2 is 1.91 bits per heavy atom. The van der Waals surface area contributed by atoms with Crippen molar-refractivity contribution >= 4 is 29.2 Å². The number of imidazole rings is 1. The van der Waals surface area contributed by atoms with Crippen molar-refractivity contribution in [2.75, 3.05) is 16.8 Å². The van der Waals surface area contributed by atoms with Gasteiger partial charge in [0.15, 0.2) is 6.10 Å². The van der Waals surface area contributed by atoms with E-state index in [4.69, 9.17) is 0 Å². The number of hydrogen-bond acceptors (Lipinski definition) is 7. The first-order chi connectivity index (χ1) is 15.0. The number of aryl methyl sites for hydroxylation is 1. The number of aliphatic hydroxyl groups excluding tert-OH is 2. The van der Waals surface area contributed by atoms with Crippen LogP contribution in [0.4, 0.5) is 24.8 Å². The Bertz CT molecular complexity index is 1210. The molecular formula is C19H17F3N6O4. The number of rotatable bonds is 3. The Morgan fingerprint density at radius 1 is 1.19 bits per heavy atom. The van der Waals surface area contributed by atoms with Crippen LogP contribution in [-0.2, 0) is 15.8 Å². The van der Waals surface area contributed by atoms with E-state index in [1.54, 1.807) is 16.8 Å². The van der Waals surface area contributed by atoms with Gasteiger partial charge in [0.2, 0.25) is 5.78 Å². The molecule has 3 aromatic rings. The third kappa shape index (κ3) is 3.54. The second kappa shape index (κ2) is 7.53. The fraction of sp³-hybridized carbons (Fsp3) is 0.316. The van der Waals surface area contributed by atoms with Crippen molar-refractivity contribution in [2.24, 2.45) is 0 Å². The number of pyridine rings is 1. The summed E-state index contributed by atoms with van der Waals surface area (Å²) in [6, 6.07) is 1.12. The van der Waals surface area contributed by atoms with Crippen LogP contribution >= 0.6 is 0 Å². The largest absolute Gasteiger partial charge is 0.416 e. The van der Waals surface area contributed by atoms with Crippen LogP contribution in [0.2, 0.25) is 0 Å². The smallest absolute Gasteiger partial charge is 0.387 e. The summed E-state index contributed by atoms with van der Waals surface area (Å²) < 4.78 is 41.4. The molecule has 0 radical (unpaired) electrons. The molecule has 3 atom stereocenters. The topological polar surface area (TPSA) is 124 Å². The fourth-order valence-corrected chi connectivity index (χ4v) is 3.49. The first-order valence-corrected chi connectivity index (χ1v) is 9.31. The molecule has 1 fully saturated rings. The summed E-state index contributed by atoms with van der Waals surface area (Å²) in [5, 5.41) is 20.5. The third-order valence-corrected chi connectivity index (χ3v) is 5.10. The Balaban J connectivity index is 1.75. The molecule has 2 amide bonds. The molecule has 1 aliphatic rings. The minimum absolute atomic E-state index is 0.0653. The number of hydrogen-bond donors (Lipinski definition) is 2. The molecule has 4 rings (SSSR count). The molecule has 2 N–H and O–H groups in total.